The lowest BCUT2D eigenvalue weighted by atomic mass is 9.91. The summed E-state index contributed by atoms with van der Waals surface area (Å²) in [4.78, 5) is 14.6. The van der Waals surface area contributed by atoms with Crippen LogP contribution < -0.4 is 0 Å². The molecule has 0 fully saturated rings. The Morgan fingerprint density at radius 2 is 0.766 bits per heavy atom. The molecule has 0 spiro atoms. The third kappa shape index (κ3) is 4.75. The fourth-order valence-electron chi connectivity index (χ4n) is 6.48. The molecule has 0 amide bonds. The fourth-order valence-corrected chi connectivity index (χ4v) is 6.48. The molecular formula is C43H27N3O. The molecule has 0 radical (unpaired) electrons. The molecule has 0 atom stereocenters. The summed E-state index contributed by atoms with van der Waals surface area (Å²) in [5.41, 5.74) is 9.19. The Labute approximate surface area is 271 Å². The van der Waals surface area contributed by atoms with Gasteiger partial charge >= 0.3 is 0 Å². The van der Waals surface area contributed by atoms with Crippen LogP contribution in [0.5, 0.6) is 0 Å². The first kappa shape index (κ1) is 27.0. The van der Waals surface area contributed by atoms with E-state index in [1.165, 1.54) is 16.3 Å². The van der Waals surface area contributed by atoms with E-state index >= 15 is 0 Å². The van der Waals surface area contributed by atoms with Crippen molar-refractivity contribution in [3.63, 3.8) is 0 Å². The summed E-state index contributed by atoms with van der Waals surface area (Å²) in [5, 5.41) is 4.63. The van der Waals surface area contributed by atoms with Crippen molar-refractivity contribution in [2.75, 3.05) is 0 Å². The Morgan fingerprint density at radius 1 is 0.298 bits per heavy atom. The highest BCUT2D eigenvalue weighted by Gasteiger charge is 2.16. The predicted molar refractivity (Wildman–Crippen MR) is 192 cm³/mol. The van der Waals surface area contributed by atoms with Crippen LogP contribution in [-0.2, 0) is 0 Å². The second-order valence-corrected chi connectivity index (χ2v) is 11.6. The van der Waals surface area contributed by atoms with E-state index in [0.29, 0.717) is 17.5 Å². The molecule has 4 heteroatoms. The molecular weight excluding hydrogens is 574 g/mol. The van der Waals surface area contributed by atoms with Gasteiger partial charge in [-0.15, -0.1) is 0 Å². The highest BCUT2D eigenvalue weighted by molar-refractivity contribution is 6.13. The average molecular weight is 602 g/mol. The Bertz CT molecular complexity index is 2500. The van der Waals surface area contributed by atoms with Crippen LogP contribution in [-0.4, -0.2) is 15.0 Å². The molecule has 0 saturated carbocycles. The van der Waals surface area contributed by atoms with Gasteiger partial charge in [-0.3, -0.25) is 0 Å². The molecule has 0 saturated heterocycles. The standard InChI is InChI=1S/C43H27N3O/c1-3-12-29(13-4-1)41-44-42(30-14-5-2-6-15-30)46-43(45-41)31-24-22-28(23-25-31)32-26-27-35(34-17-8-7-16-33(32)34)37-19-11-20-38-36-18-9-10-21-39(36)47-40(37)38/h1-27H. The fraction of sp³-hybridized carbons (Fsp3) is 0. The number of furan rings is 1. The zero-order valence-corrected chi connectivity index (χ0v) is 25.3. The summed E-state index contributed by atoms with van der Waals surface area (Å²) in [6, 6.07) is 56.3. The van der Waals surface area contributed by atoms with Crippen LogP contribution >= 0.6 is 0 Å². The van der Waals surface area contributed by atoms with Gasteiger partial charge < -0.3 is 4.42 Å². The summed E-state index contributed by atoms with van der Waals surface area (Å²) >= 11 is 0. The molecule has 7 aromatic carbocycles. The number of rotatable bonds is 5. The first-order chi connectivity index (χ1) is 23.3. The van der Waals surface area contributed by atoms with Gasteiger partial charge in [0, 0.05) is 33.0 Å². The van der Waals surface area contributed by atoms with Gasteiger partial charge in [-0.25, -0.2) is 15.0 Å². The Morgan fingerprint density at radius 3 is 1.40 bits per heavy atom. The molecule has 0 aliphatic rings. The zero-order valence-electron chi connectivity index (χ0n) is 25.3. The molecule has 4 nitrogen and oxygen atoms in total. The summed E-state index contributed by atoms with van der Waals surface area (Å²) in [5.74, 6) is 1.95. The van der Waals surface area contributed by atoms with Crippen molar-refractivity contribution in [2.24, 2.45) is 0 Å². The molecule has 0 aliphatic heterocycles. The highest BCUT2D eigenvalue weighted by Crippen LogP contribution is 2.41. The lowest BCUT2D eigenvalue weighted by Crippen LogP contribution is -2.00. The number of fused-ring (bicyclic) bond motifs is 4. The first-order valence-corrected chi connectivity index (χ1v) is 15.7. The molecule has 9 rings (SSSR count). The summed E-state index contributed by atoms with van der Waals surface area (Å²) in [6.07, 6.45) is 0. The summed E-state index contributed by atoms with van der Waals surface area (Å²) in [7, 11) is 0. The smallest absolute Gasteiger partial charge is 0.164 e. The van der Waals surface area contributed by atoms with Gasteiger partial charge in [-0.05, 0) is 33.5 Å². The van der Waals surface area contributed by atoms with Gasteiger partial charge in [0.1, 0.15) is 11.2 Å². The van der Waals surface area contributed by atoms with E-state index in [4.69, 9.17) is 19.4 Å². The Kier molecular flexibility index (Phi) is 6.43. The van der Waals surface area contributed by atoms with Crippen molar-refractivity contribution in [1.82, 2.24) is 15.0 Å². The summed E-state index contributed by atoms with van der Waals surface area (Å²) in [6.45, 7) is 0. The largest absolute Gasteiger partial charge is 0.455 e. The van der Waals surface area contributed by atoms with Gasteiger partial charge in [0.2, 0.25) is 0 Å². The maximum Gasteiger partial charge on any atom is 0.164 e. The van der Waals surface area contributed by atoms with Gasteiger partial charge in [-0.2, -0.15) is 0 Å². The molecule has 9 aromatic rings. The van der Waals surface area contributed by atoms with Gasteiger partial charge in [0.25, 0.3) is 0 Å². The topological polar surface area (TPSA) is 51.8 Å². The van der Waals surface area contributed by atoms with Crippen molar-refractivity contribution in [2.45, 2.75) is 0 Å². The van der Waals surface area contributed by atoms with Crippen molar-refractivity contribution in [3.8, 4) is 56.4 Å². The monoisotopic (exact) mass is 601 g/mol. The van der Waals surface area contributed by atoms with Crippen LogP contribution in [0.25, 0.3) is 89.1 Å². The molecule has 0 bridgehead atoms. The summed E-state index contributed by atoms with van der Waals surface area (Å²) < 4.78 is 6.41. The molecule has 47 heavy (non-hydrogen) atoms. The maximum atomic E-state index is 6.41. The number of benzene rings is 7. The van der Waals surface area contributed by atoms with E-state index in [1.54, 1.807) is 0 Å². The molecule has 0 unspecified atom stereocenters. The van der Waals surface area contributed by atoms with Gasteiger partial charge in [0.15, 0.2) is 17.5 Å². The van der Waals surface area contributed by atoms with E-state index < -0.39 is 0 Å². The number of nitrogens with zero attached hydrogens (tertiary/aromatic N) is 3. The number of aromatic nitrogens is 3. The molecule has 2 heterocycles. The minimum Gasteiger partial charge on any atom is -0.455 e. The second-order valence-electron chi connectivity index (χ2n) is 11.6. The third-order valence-corrected chi connectivity index (χ3v) is 8.77. The van der Waals surface area contributed by atoms with Gasteiger partial charge in [-0.1, -0.05) is 158 Å². The quantitative estimate of drug-likeness (QED) is 0.197. The van der Waals surface area contributed by atoms with Crippen LogP contribution in [0.2, 0.25) is 0 Å². The molecule has 220 valence electrons. The van der Waals surface area contributed by atoms with Crippen LogP contribution in [0.4, 0.5) is 0 Å². The molecule has 0 N–H and O–H groups in total. The zero-order chi connectivity index (χ0) is 31.2. The van der Waals surface area contributed by atoms with E-state index in [-0.39, 0.29) is 0 Å². The minimum absolute atomic E-state index is 0.642. The van der Waals surface area contributed by atoms with Crippen molar-refractivity contribution >= 4 is 32.7 Å². The maximum absolute atomic E-state index is 6.41. The van der Waals surface area contributed by atoms with Gasteiger partial charge in [0.05, 0.1) is 0 Å². The lowest BCUT2D eigenvalue weighted by Gasteiger charge is -2.13. The van der Waals surface area contributed by atoms with Crippen molar-refractivity contribution in [1.29, 1.82) is 0 Å². The van der Waals surface area contributed by atoms with E-state index in [2.05, 4.69) is 91.0 Å². The first-order valence-electron chi connectivity index (χ1n) is 15.7. The molecule has 0 aliphatic carbocycles. The minimum atomic E-state index is 0.642. The van der Waals surface area contributed by atoms with Crippen LogP contribution in [0, 0.1) is 0 Å². The number of hydrogen-bond acceptors (Lipinski definition) is 4. The predicted octanol–water partition coefficient (Wildman–Crippen LogP) is 11.3. The Balaban J connectivity index is 1.14. The number of hydrogen-bond donors (Lipinski definition) is 0. The van der Waals surface area contributed by atoms with E-state index in [9.17, 15) is 0 Å². The molecule has 2 aromatic heterocycles. The third-order valence-electron chi connectivity index (χ3n) is 8.77. The van der Waals surface area contributed by atoms with Crippen LogP contribution in [0.1, 0.15) is 0 Å². The van der Waals surface area contributed by atoms with Crippen LogP contribution in [0.3, 0.4) is 0 Å². The highest BCUT2D eigenvalue weighted by atomic mass is 16.3. The normalized spacial score (nSPS) is 11.4. The second kappa shape index (κ2) is 11.2. The van der Waals surface area contributed by atoms with Crippen molar-refractivity contribution in [3.05, 3.63) is 164 Å². The van der Waals surface area contributed by atoms with E-state index in [0.717, 1.165) is 55.3 Å². The average Bonchev–Trinajstić information content (AvgIpc) is 3.54. The Hall–Kier alpha value is -6.39. The lowest BCUT2D eigenvalue weighted by molar-refractivity contribution is 0.670. The van der Waals surface area contributed by atoms with E-state index in [1.807, 2.05) is 72.8 Å². The van der Waals surface area contributed by atoms with Crippen LogP contribution in [0.15, 0.2) is 168 Å². The number of para-hydroxylation sites is 2. The SMILES string of the molecule is c1ccc(-c2nc(-c3ccccc3)nc(-c3ccc(-c4ccc(-c5cccc6c5oc5ccccc56)c5ccccc45)cc3)n2)cc1. The van der Waals surface area contributed by atoms with Crippen molar-refractivity contribution < 1.29 is 4.42 Å².